The molecule has 0 aliphatic carbocycles. The molecule has 0 radical (unpaired) electrons. The van der Waals surface area contributed by atoms with Crippen LogP contribution in [0.4, 0.5) is 11.5 Å². The largest absolute Gasteiger partial charge is 0.373 e. The highest BCUT2D eigenvalue weighted by Crippen LogP contribution is 2.24. The number of anilines is 2. The predicted octanol–water partition coefficient (Wildman–Crippen LogP) is 3.45. The fraction of sp³-hybridized carbons (Fsp3) is 0.143. The number of hydrogen-bond donors (Lipinski definition) is 2. The smallest absolute Gasteiger partial charge is 0.255 e. The summed E-state index contributed by atoms with van der Waals surface area (Å²) < 4.78 is 0.968. The molecule has 1 aromatic heterocycles. The minimum atomic E-state index is -0.153. The van der Waals surface area contributed by atoms with Crippen molar-refractivity contribution in [3.8, 4) is 0 Å². The van der Waals surface area contributed by atoms with E-state index in [0.29, 0.717) is 11.4 Å². The van der Waals surface area contributed by atoms with Crippen molar-refractivity contribution >= 4 is 33.3 Å². The Hall–Kier alpha value is -1.88. The van der Waals surface area contributed by atoms with Crippen LogP contribution in [-0.4, -0.2) is 17.9 Å². The fourth-order valence-corrected chi connectivity index (χ4v) is 2.01. The zero-order chi connectivity index (χ0) is 13.8. The van der Waals surface area contributed by atoms with Crippen molar-refractivity contribution in [3.05, 3.63) is 52.1 Å². The van der Waals surface area contributed by atoms with Crippen LogP contribution in [0.2, 0.25) is 0 Å². The van der Waals surface area contributed by atoms with Gasteiger partial charge in [0.1, 0.15) is 5.82 Å². The number of carbonyl (C=O) groups excluding carboxylic acids is 1. The molecular weight excluding hydrogens is 306 g/mol. The van der Waals surface area contributed by atoms with Crippen LogP contribution < -0.4 is 10.6 Å². The molecule has 1 amide bonds. The van der Waals surface area contributed by atoms with Crippen LogP contribution in [-0.2, 0) is 0 Å². The second-order valence-corrected chi connectivity index (χ2v) is 4.90. The summed E-state index contributed by atoms with van der Waals surface area (Å²) in [5.41, 5.74) is 2.36. The molecule has 0 saturated carbocycles. The second kappa shape index (κ2) is 5.84. The maximum absolute atomic E-state index is 12.2. The molecule has 0 aliphatic rings. The Morgan fingerprint density at radius 3 is 2.84 bits per heavy atom. The monoisotopic (exact) mass is 319 g/mol. The van der Waals surface area contributed by atoms with Crippen molar-refractivity contribution in [2.75, 3.05) is 17.7 Å². The summed E-state index contributed by atoms with van der Waals surface area (Å²) in [5.74, 6) is 0.513. The van der Waals surface area contributed by atoms with Gasteiger partial charge in [0.25, 0.3) is 5.91 Å². The molecule has 0 fully saturated rings. The Bertz CT molecular complexity index is 613. The van der Waals surface area contributed by atoms with E-state index in [2.05, 4.69) is 31.5 Å². The van der Waals surface area contributed by atoms with Crippen molar-refractivity contribution in [3.63, 3.8) is 0 Å². The van der Waals surface area contributed by atoms with Gasteiger partial charge in [0.15, 0.2) is 0 Å². The molecule has 0 aliphatic heterocycles. The molecule has 0 spiro atoms. The number of benzene rings is 1. The lowest BCUT2D eigenvalue weighted by Crippen LogP contribution is -2.13. The van der Waals surface area contributed by atoms with Gasteiger partial charge in [-0.3, -0.25) is 4.79 Å². The van der Waals surface area contributed by atoms with Crippen molar-refractivity contribution in [2.24, 2.45) is 0 Å². The molecule has 19 heavy (non-hydrogen) atoms. The van der Waals surface area contributed by atoms with Crippen molar-refractivity contribution in [2.45, 2.75) is 6.92 Å². The molecule has 0 unspecified atom stereocenters. The van der Waals surface area contributed by atoms with Gasteiger partial charge in [0, 0.05) is 29.0 Å². The molecule has 1 aromatic carbocycles. The van der Waals surface area contributed by atoms with E-state index < -0.39 is 0 Å². The molecule has 4 nitrogen and oxygen atoms in total. The number of nitrogens with one attached hydrogen (secondary N) is 2. The van der Waals surface area contributed by atoms with Gasteiger partial charge in [0.2, 0.25) is 0 Å². The molecule has 1 heterocycles. The number of pyridine rings is 1. The number of hydrogen-bond acceptors (Lipinski definition) is 3. The Kier molecular flexibility index (Phi) is 4.16. The van der Waals surface area contributed by atoms with E-state index in [1.165, 1.54) is 0 Å². The van der Waals surface area contributed by atoms with Crippen LogP contribution in [0.25, 0.3) is 0 Å². The van der Waals surface area contributed by atoms with Gasteiger partial charge in [0.05, 0.1) is 0 Å². The highest BCUT2D eigenvalue weighted by molar-refractivity contribution is 9.10. The zero-order valence-electron chi connectivity index (χ0n) is 10.7. The molecule has 0 bridgehead atoms. The van der Waals surface area contributed by atoms with E-state index >= 15 is 0 Å². The van der Waals surface area contributed by atoms with Gasteiger partial charge >= 0.3 is 0 Å². The number of nitrogens with zero attached hydrogens (tertiary/aromatic N) is 1. The highest BCUT2D eigenvalue weighted by atomic mass is 79.9. The Labute approximate surface area is 120 Å². The minimum absolute atomic E-state index is 0.153. The SMILES string of the molecule is CNc1cc(C(=O)Nc2cccc(Br)c2C)ccn1. The molecule has 2 aromatic rings. The third-order valence-electron chi connectivity index (χ3n) is 2.79. The van der Waals surface area contributed by atoms with Gasteiger partial charge in [-0.1, -0.05) is 22.0 Å². The molecule has 98 valence electrons. The lowest BCUT2D eigenvalue weighted by Gasteiger charge is -2.10. The van der Waals surface area contributed by atoms with Crippen LogP contribution in [0.5, 0.6) is 0 Å². The van der Waals surface area contributed by atoms with Gasteiger partial charge in [-0.25, -0.2) is 4.98 Å². The number of aromatic nitrogens is 1. The second-order valence-electron chi connectivity index (χ2n) is 4.05. The average Bonchev–Trinajstić information content (AvgIpc) is 2.44. The van der Waals surface area contributed by atoms with E-state index in [9.17, 15) is 4.79 Å². The summed E-state index contributed by atoms with van der Waals surface area (Å²) in [4.78, 5) is 16.2. The van der Waals surface area contributed by atoms with E-state index in [-0.39, 0.29) is 5.91 Å². The average molecular weight is 320 g/mol. The van der Waals surface area contributed by atoms with E-state index in [1.807, 2.05) is 25.1 Å². The van der Waals surface area contributed by atoms with Gasteiger partial charge in [-0.15, -0.1) is 0 Å². The van der Waals surface area contributed by atoms with Crippen molar-refractivity contribution < 1.29 is 4.79 Å². The van der Waals surface area contributed by atoms with Crippen LogP contribution in [0.3, 0.4) is 0 Å². The number of carbonyl (C=O) groups is 1. The topological polar surface area (TPSA) is 54.0 Å². The molecule has 0 saturated heterocycles. The first-order chi connectivity index (χ1) is 9.11. The highest BCUT2D eigenvalue weighted by Gasteiger charge is 2.09. The summed E-state index contributed by atoms with van der Waals surface area (Å²) in [6, 6.07) is 9.10. The lowest BCUT2D eigenvalue weighted by atomic mass is 10.2. The normalized spacial score (nSPS) is 10.1. The zero-order valence-corrected chi connectivity index (χ0v) is 12.3. The first-order valence-electron chi connectivity index (χ1n) is 5.82. The van der Waals surface area contributed by atoms with Gasteiger partial charge in [-0.05, 0) is 36.8 Å². The third kappa shape index (κ3) is 3.12. The summed E-state index contributed by atoms with van der Waals surface area (Å²) in [7, 11) is 1.77. The lowest BCUT2D eigenvalue weighted by molar-refractivity contribution is 0.102. The predicted molar refractivity (Wildman–Crippen MR) is 80.6 cm³/mol. The fourth-order valence-electron chi connectivity index (χ4n) is 1.65. The number of rotatable bonds is 3. The molecule has 0 atom stereocenters. The van der Waals surface area contributed by atoms with Crippen molar-refractivity contribution in [1.29, 1.82) is 0 Å². The Morgan fingerprint density at radius 2 is 2.11 bits per heavy atom. The molecular formula is C14H14BrN3O. The van der Waals surface area contributed by atoms with E-state index in [1.54, 1.807) is 25.4 Å². The maximum atomic E-state index is 12.2. The third-order valence-corrected chi connectivity index (χ3v) is 3.65. The summed E-state index contributed by atoms with van der Waals surface area (Å²) in [6.45, 7) is 1.95. The Balaban J connectivity index is 2.23. The summed E-state index contributed by atoms with van der Waals surface area (Å²) >= 11 is 3.44. The number of halogens is 1. The summed E-state index contributed by atoms with van der Waals surface area (Å²) in [6.07, 6.45) is 1.61. The van der Waals surface area contributed by atoms with Crippen LogP contribution in [0.15, 0.2) is 41.0 Å². The first-order valence-corrected chi connectivity index (χ1v) is 6.61. The summed E-state index contributed by atoms with van der Waals surface area (Å²) in [5, 5.41) is 5.80. The van der Waals surface area contributed by atoms with Crippen LogP contribution >= 0.6 is 15.9 Å². The minimum Gasteiger partial charge on any atom is -0.373 e. The quantitative estimate of drug-likeness (QED) is 0.911. The standard InChI is InChI=1S/C14H14BrN3O/c1-9-11(15)4-3-5-12(9)18-14(19)10-6-7-17-13(8-10)16-2/h3-8H,1-2H3,(H,16,17)(H,18,19). The molecule has 2 N–H and O–H groups in total. The van der Waals surface area contributed by atoms with Crippen LogP contribution in [0, 0.1) is 6.92 Å². The first kappa shape index (κ1) is 13.5. The van der Waals surface area contributed by atoms with Gasteiger partial charge in [-0.2, -0.15) is 0 Å². The Morgan fingerprint density at radius 1 is 1.32 bits per heavy atom. The van der Waals surface area contributed by atoms with E-state index in [0.717, 1.165) is 15.7 Å². The van der Waals surface area contributed by atoms with Crippen molar-refractivity contribution in [1.82, 2.24) is 4.98 Å². The van der Waals surface area contributed by atoms with Gasteiger partial charge < -0.3 is 10.6 Å². The molecule has 2 rings (SSSR count). The van der Waals surface area contributed by atoms with Crippen LogP contribution in [0.1, 0.15) is 15.9 Å². The molecule has 5 heteroatoms. The maximum Gasteiger partial charge on any atom is 0.255 e. The van der Waals surface area contributed by atoms with E-state index in [4.69, 9.17) is 0 Å². The number of amides is 1.